The van der Waals surface area contributed by atoms with Gasteiger partial charge in [-0.15, -0.1) is 0 Å². The van der Waals surface area contributed by atoms with Crippen molar-refractivity contribution in [2.24, 2.45) is 0 Å². The van der Waals surface area contributed by atoms with Gasteiger partial charge in [-0.1, -0.05) is 29.3 Å². The van der Waals surface area contributed by atoms with E-state index in [9.17, 15) is 4.79 Å². The van der Waals surface area contributed by atoms with E-state index in [1.807, 2.05) is 0 Å². The van der Waals surface area contributed by atoms with Crippen LogP contribution in [0.5, 0.6) is 0 Å². The Labute approximate surface area is 123 Å². The normalized spacial score (nSPS) is 10.4. The van der Waals surface area contributed by atoms with Gasteiger partial charge in [0, 0.05) is 17.1 Å². The van der Waals surface area contributed by atoms with Crippen molar-refractivity contribution in [1.82, 2.24) is 4.98 Å². The molecule has 1 aromatic heterocycles. The summed E-state index contributed by atoms with van der Waals surface area (Å²) >= 11 is 15.0. The zero-order valence-corrected chi connectivity index (χ0v) is 12.3. The first-order valence-corrected chi connectivity index (χ1v) is 6.70. The summed E-state index contributed by atoms with van der Waals surface area (Å²) in [7, 11) is 0. The van der Waals surface area contributed by atoms with Crippen LogP contribution in [0, 0.1) is 0 Å². The summed E-state index contributed by atoms with van der Waals surface area (Å²) in [5.41, 5.74) is 1.25. The second-order valence-corrected chi connectivity index (χ2v) is 5.44. The molecule has 0 aliphatic rings. The largest absolute Gasteiger partial charge is 0.292 e. The van der Waals surface area contributed by atoms with E-state index in [0.29, 0.717) is 15.7 Å². The molecule has 2 rings (SSSR count). The van der Waals surface area contributed by atoms with Crippen LogP contribution in [0.25, 0.3) is 0 Å². The minimum absolute atomic E-state index is 0.0547. The molecule has 0 N–H and O–H groups in total. The Hall–Kier alpha value is -0.900. The zero-order chi connectivity index (χ0) is 13.1. The van der Waals surface area contributed by atoms with Crippen LogP contribution in [0.3, 0.4) is 0 Å². The van der Waals surface area contributed by atoms with Crippen LogP contribution in [0.2, 0.25) is 10.0 Å². The summed E-state index contributed by atoms with van der Waals surface area (Å²) < 4.78 is 0.841. The number of hydrogen-bond acceptors (Lipinski definition) is 2. The molecule has 0 amide bonds. The molecular weight excluding hydrogens is 337 g/mol. The predicted octanol–water partition coefficient (Wildman–Crippen LogP) is 4.58. The Kier molecular flexibility index (Phi) is 4.38. The standard InChI is InChI=1S/C13H8BrCl2NO/c14-9-2-4-12(17-7-9)13(18)6-8-1-3-10(15)11(16)5-8/h1-5,7H,6H2. The number of hydrogen-bond donors (Lipinski definition) is 0. The van der Waals surface area contributed by atoms with Crippen LogP contribution in [0.1, 0.15) is 16.1 Å². The highest BCUT2D eigenvalue weighted by Crippen LogP contribution is 2.23. The van der Waals surface area contributed by atoms with Crippen molar-refractivity contribution < 1.29 is 4.79 Å². The molecule has 0 fully saturated rings. The van der Waals surface area contributed by atoms with Crippen molar-refractivity contribution in [2.75, 3.05) is 0 Å². The Bertz CT molecular complexity index is 584. The van der Waals surface area contributed by atoms with Crippen LogP contribution >= 0.6 is 39.1 Å². The molecule has 0 unspecified atom stereocenters. The van der Waals surface area contributed by atoms with Gasteiger partial charge in [0.05, 0.1) is 10.0 Å². The van der Waals surface area contributed by atoms with Crippen molar-refractivity contribution in [2.45, 2.75) is 6.42 Å². The second-order valence-electron chi connectivity index (χ2n) is 3.71. The lowest BCUT2D eigenvalue weighted by atomic mass is 10.1. The number of carbonyl (C=O) groups excluding carboxylic acids is 1. The minimum Gasteiger partial charge on any atom is -0.292 e. The molecule has 5 heteroatoms. The van der Waals surface area contributed by atoms with Gasteiger partial charge < -0.3 is 0 Å². The summed E-state index contributed by atoms with van der Waals surface area (Å²) in [5.74, 6) is -0.0547. The SMILES string of the molecule is O=C(Cc1ccc(Cl)c(Cl)c1)c1ccc(Br)cn1. The summed E-state index contributed by atoms with van der Waals surface area (Å²) in [4.78, 5) is 16.0. The maximum Gasteiger partial charge on any atom is 0.185 e. The van der Waals surface area contributed by atoms with Crippen LogP contribution in [0.15, 0.2) is 41.0 Å². The number of Topliss-reactive ketones (excluding diaryl/α,β-unsaturated/α-hetero) is 1. The average Bonchev–Trinajstić information content (AvgIpc) is 2.34. The van der Waals surface area contributed by atoms with E-state index in [2.05, 4.69) is 20.9 Å². The number of rotatable bonds is 3. The monoisotopic (exact) mass is 343 g/mol. The van der Waals surface area contributed by atoms with Gasteiger partial charge in [0.1, 0.15) is 5.69 Å². The van der Waals surface area contributed by atoms with E-state index in [-0.39, 0.29) is 12.2 Å². The topological polar surface area (TPSA) is 30.0 Å². The molecule has 2 aromatic rings. The Morgan fingerprint density at radius 1 is 1.17 bits per heavy atom. The fourth-order valence-corrected chi connectivity index (χ4v) is 2.02. The molecule has 0 atom stereocenters. The predicted molar refractivity (Wildman–Crippen MR) is 76.4 cm³/mol. The van der Waals surface area contributed by atoms with E-state index < -0.39 is 0 Å². The molecular formula is C13H8BrCl2NO. The van der Waals surface area contributed by atoms with Gasteiger partial charge in [-0.3, -0.25) is 9.78 Å². The summed E-state index contributed by atoms with van der Waals surface area (Å²) in [6.07, 6.45) is 1.85. The van der Waals surface area contributed by atoms with E-state index in [4.69, 9.17) is 23.2 Å². The van der Waals surface area contributed by atoms with Gasteiger partial charge in [0.25, 0.3) is 0 Å². The van der Waals surface area contributed by atoms with E-state index in [0.717, 1.165) is 10.0 Å². The molecule has 1 heterocycles. The molecule has 92 valence electrons. The smallest absolute Gasteiger partial charge is 0.185 e. The van der Waals surface area contributed by atoms with Crippen molar-refractivity contribution in [3.8, 4) is 0 Å². The molecule has 0 saturated carbocycles. The molecule has 0 radical (unpaired) electrons. The quantitative estimate of drug-likeness (QED) is 0.763. The van der Waals surface area contributed by atoms with Gasteiger partial charge in [0.15, 0.2) is 5.78 Å². The number of aromatic nitrogens is 1. The Morgan fingerprint density at radius 3 is 2.56 bits per heavy atom. The van der Waals surface area contributed by atoms with Crippen molar-refractivity contribution in [3.05, 3.63) is 62.3 Å². The fraction of sp³-hybridized carbons (Fsp3) is 0.0769. The Balaban J connectivity index is 2.16. The molecule has 1 aromatic carbocycles. The van der Waals surface area contributed by atoms with E-state index >= 15 is 0 Å². The van der Waals surface area contributed by atoms with Gasteiger partial charge in [-0.05, 0) is 45.8 Å². The Morgan fingerprint density at radius 2 is 1.94 bits per heavy atom. The van der Waals surface area contributed by atoms with E-state index in [1.54, 1.807) is 36.5 Å². The molecule has 18 heavy (non-hydrogen) atoms. The fourth-order valence-electron chi connectivity index (χ4n) is 1.47. The van der Waals surface area contributed by atoms with Gasteiger partial charge in [0.2, 0.25) is 0 Å². The maximum absolute atomic E-state index is 12.0. The number of halogens is 3. The van der Waals surface area contributed by atoms with Crippen LogP contribution in [-0.4, -0.2) is 10.8 Å². The molecule has 0 aliphatic carbocycles. The highest BCUT2D eigenvalue weighted by molar-refractivity contribution is 9.10. The van der Waals surface area contributed by atoms with Gasteiger partial charge in [-0.2, -0.15) is 0 Å². The lowest BCUT2D eigenvalue weighted by molar-refractivity contribution is 0.0988. The van der Waals surface area contributed by atoms with Gasteiger partial charge >= 0.3 is 0 Å². The highest BCUT2D eigenvalue weighted by atomic mass is 79.9. The number of carbonyl (C=O) groups is 1. The number of benzene rings is 1. The number of pyridine rings is 1. The average molecular weight is 345 g/mol. The summed E-state index contributed by atoms with van der Waals surface area (Å²) in [6.45, 7) is 0. The molecule has 0 bridgehead atoms. The number of ketones is 1. The first kappa shape index (κ1) is 13.5. The summed E-state index contributed by atoms with van der Waals surface area (Å²) in [6, 6.07) is 8.63. The van der Waals surface area contributed by atoms with Crippen molar-refractivity contribution in [3.63, 3.8) is 0 Å². The molecule has 0 saturated heterocycles. The molecule has 2 nitrogen and oxygen atoms in total. The zero-order valence-electron chi connectivity index (χ0n) is 9.16. The third-order valence-electron chi connectivity index (χ3n) is 2.36. The molecule has 0 aliphatic heterocycles. The first-order valence-electron chi connectivity index (χ1n) is 5.15. The highest BCUT2D eigenvalue weighted by Gasteiger charge is 2.09. The van der Waals surface area contributed by atoms with Crippen molar-refractivity contribution >= 4 is 44.9 Å². The maximum atomic E-state index is 12.0. The summed E-state index contributed by atoms with van der Waals surface area (Å²) in [5, 5.41) is 0.931. The third-order valence-corrected chi connectivity index (χ3v) is 3.57. The lowest BCUT2D eigenvalue weighted by Gasteiger charge is -2.03. The second kappa shape index (κ2) is 5.83. The first-order chi connectivity index (χ1) is 8.56. The lowest BCUT2D eigenvalue weighted by Crippen LogP contribution is -2.05. The van der Waals surface area contributed by atoms with E-state index in [1.165, 1.54) is 0 Å². The van der Waals surface area contributed by atoms with Crippen LogP contribution in [0.4, 0.5) is 0 Å². The third kappa shape index (κ3) is 3.31. The molecule has 0 spiro atoms. The van der Waals surface area contributed by atoms with Crippen LogP contribution in [-0.2, 0) is 6.42 Å². The van der Waals surface area contributed by atoms with Gasteiger partial charge in [-0.25, -0.2) is 0 Å². The number of nitrogens with zero attached hydrogens (tertiary/aromatic N) is 1. The minimum atomic E-state index is -0.0547. The van der Waals surface area contributed by atoms with Crippen LogP contribution < -0.4 is 0 Å². The van der Waals surface area contributed by atoms with Crippen molar-refractivity contribution in [1.29, 1.82) is 0 Å².